The van der Waals surface area contributed by atoms with Gasteiger partial charge in [-0.05, 0) is 26.3 Å². The van der Waals surface area contributed by atoms with E-state index >= 15 is 0 Å². The van der Waals surface area contributed by atoms with E-state index in [0.29, 0.717) is 13.0 Å². The zero-order valence-electron chi connectivity index (χ0n) is 9.57. The number of carbonyl (C=O) groups excluding carboxylic acids is 1. The van der Waals surface area contributed by atoms with E-state index in [-0.39, 0.29) is 5.60 Å². The van der Waals surface area contributed by atoms with Crippen LogP contribution in [0.5, 0.6) is 0 Å². The molecule has 3 heteroatoms. The molecular weight excluding hydrogens is 190 g/mol. The Labute approximate surface area is 91.2 Å². The maximum absolute atomic E-state index is 9.60. The molecule has 84 valence electrons. The lowest BCUT2D eigenvalue weighted by Crippen LogP contribution is -2.17. The maximum Gasteiger partial charge on any atom is 0.293 e. The molecule has 1 aromatic rings. The highest BCUT2D eigenvalue weighted by molar-refractivity contribution is 5.37. The predicted octanol–water partition coefficient (Wildman–Crippen LogP) is 2.10. The Balaban J connectivity index is 0.000000265. The predicted molar refractivity (Wildman–Crippen MR) is 61.2 cm³/mol. The molecule has 0 fully saturated rings. The highest BCUT2D eigenvalue weighted by Gasteiger charge is 2.07. The summed E-state index contributed by atoms with van der Waals surface area (Å²) in [4.78, 5) is 9.60. The normalized spacial score (nSPS) is 9.87. The molecule has 0 saturated heterocycles. The molecule has 0 radical (unpaired) electrons. The molecule has 0 spiro atoms. The first-order chi connectivity index (χ1) is 6.99. The van der Waals surface area contributed by atoms with E-state index in [1.807, 2.05) is 51.1 Å². The van der Waals surface area contributed by atoms with Crippen molar-refractivity contribution in [2.24, 2.45) is 5.73 Å². The smallest absolute Gasteiger partial charge is 0.293 e. The molecule has 0 aromatic heterocycles. The summed E-state index contributed by atoms with van der Waals surface area (Å²) in [7, 11) is 0. The van der Waals surface area contributed by atoms with Gasteiger partial charge in [0.15, 0.2) is 0 Å². The standard InChI is InChI=1S/C7H9N.C5H10O2/c8-6-7-4-2-1-3-5-7;1-5(2,3)7-4-6/h1-5H,6,8H2;4H,1-3H3. The molecule has 0 aliphatic carbocycles. The van der Waals surface area contributed by atoms with Gasteiger partial charge in [-0.3, -0.25) is 4.79 Å². The number of hydrogen-bond donors (Lipinski definition) is 1. The van der Waals surface area contributed by atoms with Gasteiger partial charge in [-0.25, -0.2) is 0 Å². The minimum absolute atomic E-state index is 0.318. The minimum Gasteiger partial charge on any atom is -0.462 e. The van der Waals surface area contributed by atoms with Crippen LogP contribution in [0, 0.1) is 0 Å². The minimum atomic E-state index is -0.318. The van der Waals surface area contributed by atoms with Crippen molar-refractivity contribution < 1.29 is 9.53 Å². The first-order valence-corrected chi connectivity index (χ1v) is 4.85. The van der Waals surface area contributed by atoms with Crippen molar-refractivity contribution in [1.82, 2.24) is 0 Å². The lowest BCUT2D eigenvalue weighted by molar-refractivity contribution is -0.138. The molecule has 0 saturated carbocycles. The van der Waals surface area contributed by atoms with Gasteiger partial charge < -0.3 is 10.5 Å². The van der Waals surface area contributed by atoms with Gasteiger partial charge in [0.1, 0.15) is 5.60 Å². The SMILES string of the molecule is CC(C)(C)OC=O.NCc1ccccc1. The molecule has 0 bridgehead atoms. The van der Waals surface area contributed by atoms with Crippen LogP contribution in [0.3, 0.4) is 0 Å². The average molecular weight is 209 g/mol. The van der Waals surface area contributed by atoms with E-state index in [4.69, 9.17) is 5.73 Å². The molecule has 1 aromatic carbocycles. The van der Waals surface area contributed by atoms with Crippen LogP contribution in [-0.2, 0) is 16.1 Å². The van der Waals surface area contributed by atoms with Gasteiger partial charge in [0.2, 0.25) is 0 Å². The molecule has 0 atom stereocenters. The largest absolute Gasteiger partial charge is 0.462 e. The van der Waals surface area contributed by atoms with E-state index in [1.54, 1.807) is 0 Å². The molecule has 0 aliphatic rings. The van der Waals surface area contributed by atoms with Gasteiger partial charge in [0.25, 0.3) is 6.47 Å². The number of ether oxygens (including phenoxy) is 1. The fourth-order valence-corrected chi connectivity index (χ4v) is 0.758. The highest BCUT2D eigenvalue weighted by atomic mass is 16.5. The van der Waals surface area contributed by atoms with Crippen LogP contribution in [0.1, 0.15) is 26.3 Å². The van der Waals surface area contributed by atoms with Crippen LogP contribution in [0.25, 0.3) is 0 Å². The van der Waals surface area contributed by atoms with Crippen LogP contribution in [0.4, 0.5) is 0 Å². The topological polar surface area (TPSA) is 52.3 Å². The summed E-state index contributed by atoms with van der Waals surface area (Å²) in [5.41, 5.74) is 6.22. The molecule has 3 nitrogen and oxygen atoms in total. The van der Waals surface area contributed by atoms with Crippen molar-refractivity contribution in [2.45, 2.75) is 32.9 Å². The quantitative estimate of drug-likeness (QED) is 0.759. The third kappa shape index (κ3) is 8.97. The summed E-state index contributed by atoms with van der Waals surface area (Å²) in [5, 5.41) is 0. The van der Waals surface area contributed by atoms with E-state index in [2.05, 4.69) is 4.74 Å². The summed E-state index contributed by atoms with van der Waals surface area (Å²) in [6.07, 6.45) is 0. The van der Waals surface area contributed by atoms with Crippen molar-refractivity contribution in [1.29, 1.82) is 0 Å². The third-order valence-electron chi connectivity index (χ3n) is 1.48. The van der Waals surface area contributed by atoms with Gasteiger partial charge in [-0.15, -0.1) is 0 Å². The second-order valence-electron chi connectivity index (χ2n) is 4.02. The second-order valence-corrected chi connectivity index (χ2v) is 4.02. The van der Waals surface area contributed by atoms with Crippen molar-refractivity contribution in [2.75, 3.05) is 0 Å². The van der Waals surface area contributed by atoms with Crippen LogP contribution in [0.15, 0.2) is 30.3 Å². The Morgan fingerprint density at radius 3 is 2.00 bits per heavy atom. The fraction of sp³-hybridized carbons (Fsp3) is 0.417. The summed E-state index contributed by atoms with van der Waals surface area (Å²) in [6, 6.07) is 9.99. The van der Waals surface area contributed by atoms with E-state index < -0.39 is 0 Å². The van der Waals surface area contributed by atoms with Crippen LogP contribution >= 0.6 is 0 Å². The van der Waals surface area contributed by atoms with Crippen molar-refractivity contribution >= 4 is 6.47 Å². The zero-order chi connectivity index (χ0) is 11.7. The van der Waals surface area contributed by atoms with E-state index in [0.717, 1.165) is 0 Å². The van der Waals surface area contributed by atoms with Gasteiger partial charge in [-0.1, -0.05) is 30.3 Å². The Morgan fingerprint density at radius 1 is 1.27 bits per heavy atom. The molecule has 0 amide bonds. The summed E-state index contributed by atoms with van der Waals surface area (Å²) >= 11 is 0. The van der Waals surface area contributed by atoms with Gasteiger partial charge in [0, 0.05) is 6.54 Å². The highest BCUT2D eigenvalue weighted by Crippen LogP contribution is 2.02. The number of carbonyl (C=O) groups is 1. The molecule has 0 unspecified atom stereocenters. The van der Waals surface area contributed by atoms with Gasteiger partial charge in [0.05, 0.1) is 0 Å². The molecule has 0 heterocycles. The van der Waals surface area contributed by atoms with Crippen LogP contribution in [0.2, 0.25) is 0 Å². The lowest BCUT2D eigenvalue weighted by Gasteiger charge is -2.14. The lowest BCUT2D eigenvalue weighted by atomic mass is 10.2. The number of benzene rings is 1. The number of nitrogens with two attached hydrogens (primary N) is 1. The van der Waals surface area contributed by atoms with Gasteiger partial charge >= 0.3 is 0 Å². The molecule has 15 heavy (non-hydrogen) atoms. The van der Waals surface area contributed by atoms with Crippen molar-refractivity contribution in [3.05, 3.63) is 35.9 Å². The van der Waals surface area contributed by atoms with Crippen molar-refractivity contribution in [3.8, 4) is 0 Å². The first kappa shape index (κ1) is 13.7. The average Bonchev–Trinajstić information content (AvgIpc) is 2.18. The van der Waals surface area contributed by atoms with Gasteiger partial charge in [-0.2, -0.15) is 0 Å². The van der Waals surface area contributed by atoms with Crippen LogP contribution < -0.4 is 5.73 Å². The maximum atomic E-state index is 9.60. The summed E-state index contributed by atoms with van der Waals surface area (Å²) in [6.45, 7) is 6.56. The zero-order valence-corrected chi connectivity index (χ0v) is 9.57. The Kier molecular flexibility index (Phi) is 6.38. The molecular formula is C12H19NO2. The number of hydrogen-bond acceptors (Lipinski definition) is 3. The van der Waals surface area contributed by atoms with Crippen molar-refractivity contribution in [3.63, 3.8) is 0 Å². The Bertz CT molecular complexity index is 265. The second kappa shape index (κ2) is 7.01. The molecule has 1 rings (SSSR count). The van der Waals surface area contributed by atoms with Crippen LogP contribution in [-0.4, -0.2) is 12.1 Å². The monoisotopic (exact) mass is 209 g/mol. The molecule has 2 N–H and O–H groups in total. The third-order valence-corrected chi connectivity index (χ3v) is 1.48. The number of rotatable bonds is 2. The Morgan fingerprint density at radius 2 is 1.80 bits per heavy atom. The Hall–Kier alpha value is -1.35. The summed E-state index contributed by atoms with van der Waals surface area (Å²) < 4.78 is 4.55. The fourth-order valence-electron chi connectivity index (χ4n) is 0.758. The first-order valence-electron chi connectivity index (χ1n) is 4.85. The van der Waals surface area contributed by atoms with E-state index in [1.165, 1.54) is 5.56 Å². The summed E-state index contributed by atoms with van der Waals surface area (Å²) in [5.74, 6) is 0. The van der Waals surface area contributed by atoms with E-state index in [9.17, 15) is 4.79 Å². The molecule has 0 aliphatic heterocycles.